The van der Waals surface area contributed by atoms with Gasteiger partial charge in [0.1, 0.15) is 5.56 Å². The van der Waals surface area contributed by atoms with Crippen LogP contribution in [0.2, 0.25) is 0 Å². The van der Waals surface area contributed by atoms with Crippen molar-refractivity contribution in [2.75, 3.05) is 0 Å². The number of rotatable bonds is 3. The van der Waals surface area contributed by atoms with Crippen molar-refractivity contribution in [2.24, 2.45) is 7.05 Å². The Morgan fingerprint density at radius 1 is 1.85 bits per heavy atom. The number of aromatic nitrogens is 2. The maximum absolute atomic E-state index is 11.7. The van der Waals surface area contributed by atoms with Gasteiger partial charge in [0, 0.05) is 19.7 Å². The molecule has 4 nitrogen and oxygen atoms in total. The standard InChI is InChI=1S/C8H9FN2O2/c1-11-5-6(8(12)13)7(10-11)3-2-4-9/h2,4-5H,3H2,1H3,(H,12,13). The monoisotopic (exact) mass is 184 g/mol. The van der Waals surface area contributed by atoms with E-state index in [0.29, 0.717) is 12.0 Å². The van der Waals surface area contributed by atoms with Crippen molar-refractivity contribution in [3.63, 3.8) is 0 Å². The summed E-state index contributed by atoms with van der Waals surface area (Å²) in [6, 6.07) is 0. The third-order valence-corrected chi connectivity index (χ3v) is 1.54. The summed E-state index contributed by atoms with van der Waals surface area (Å²) < 4.78 is 13.0. The highest BCUT2D eigenvalue weighted by Gasteiger charge is 2.12. The van der Waals surface area contributed by atoms with Crippen molar-refractivity contribution < 1.29 is 14.3 Å². The van der Waals surface area contributed by atoms with Crippen molar-refractivity contribution in [2.45, 2.75) is 6.42 Å². The Labute approximate surface area is 74.3 Å². The highest BCUT2D eigenvalue weighted by Crippen LogP contribution is 2.07. The van der Waals surface area contributed by atoms with Crippen LogP contribution in [0.15, 0.2) is 18.6 Å². The predicted molar refractivity (Wildman–Crippen MR) is 44.1 cm³/mol. The van der Waals surface area contributed by atoms with Gasteiger partial charge < -0.3 is 5.11 Å². The lowest BCUT2D eigenvalue weighted by Gasteiger charge is -1.90. The van der Waals surface area contributed by atoms with Crippen LogP contribution in [-0.4, -0.2) is 20.9 Å². The molecule has 13 heavy (non-hydrogen) atoms. The van der Waals surface area contributed by atoms with Crippen LogP contribution in [0.5, 0.6) is 0 Å². The van der Waals surface area contributed by atoms with Gasteiger partial charge in [-0.25, -0.2) is 9.18 Å². The summed E-state index contributed by atoms with van der Waals surface area (Å²) in [6.45, 7) is 0. The van der Waals surface area contributed by atoms with Crippen LogP contribution in [0.3, 0.4) is 0 Å². The Morgan fingerprint density at radius 3 is 3.08 bits per heavy atom. The molecule has 0 atom stereocenters. The molecular formula is C8H9FN2O2. The second-order valence-corrected chi connectivity index (χ2v) is 2.53. The zero-order valence-corrected chi connectivity index (χ0v) is 7.07. The van der Waals surface area contributed by atoms with Gasteiger partial charge in [-0.2, -0.15) is 5.10 Å². The first-order chi connectivity index (χ1) is 6.15. The fourth-order valence-corrected chi connectivity index (χ4v) is 1.02. The van der Waals surface area contributed by atoms with Gasteiger partial charge in [0.25, 0.3) is 0 Å². The number of aromatic carboxylic acids is 1. The second-order valence-electron chi connectivity index (χ2n) is 2.53. The second kappa shape index (κ2) is 3.84. The first kappa shape index (κ1) is 9.44. The summed E-state index contributed by atoms with van der Waals surface area (Å²) in [5.41, 5.74) is 0.476. The smallest absolute Gasteiger partial charge is 0.339 e. The molecule has 0 spiro atoms. The number of allylic oxidation sites excluding steroid dienone is 1. The van der Waals surface area contributed by atoms with Gasteiger partial charge in [0.2, 0.25) is 0 Å². The SMILES string of the molecule is Cn1cc(C(=O)O)c(CC=CF)n1. The molecule has 0 aliphatic heterocycles. The molecule has 0 fully saturated rings. The van der Waals surface area contributed by atoms with Crippen molar-refractivity contribution in [3.05, 3.63) is 29.9 Å². The minimum Gasteiger partial charge on any atom is -0.478 e. The zero-order valence-electron chi connectivity index (χ0n) is 7.07. The highest BCUT2D eigenvalue weighted by atomic mass is 19.1. The lowest BCUT2D eigenvalue weighted by atomic mass is 10.2. The van der Waals surface area contributed by atoms with Crippen LogP contribution in [0.25, 0.3) is 0 Å². The molecule has 1 N–H and O–H groups in total. The first-order valence-electron chi connectivity index (χ1n) is 3.66. The minimum absolute atomic E-state index is 0.112. The lowest BCUT2D eigenvalue weighted by Crippen LogP contribution is -1.98. The summed E-state index contributed by atoms with van der Waals surface area (Å²) in [4.78, 5) is 10.6. The molecule has 1 aromatic heterocycles. The van der Waals surface area contributed by atoms with Crippen LogP contribution >= 0.6 is 0 Å². The van der Waals surface area contributed by atoms with Crippen LogP contribution < -0.4 is 0 Å². The fourth-order valence-electron chi connectivity index (χ4n) is 1.02. The number of halogens is 1. The number of carbonyl (C=O) groups is 1. The van der Waals surface area contributed by atoms with Gasteiger partial charge in [-0.3, -0.25) is 4.68 Å². The van der Waals surface area contributed by atoms with Gasteiger partial charge in [-0.1, -0.05) is 6.08 Å². The third kappa shape index (κ3) is 2.14. The molecule has 1 rings (SSSR count). The van der Waals surface area contributed by atoms with E-state index in [0.717, 1.165) is 0 Å². The highest BCUT2D eigenvalue weighted by molar-refractivity contribution is 5.88. The number of hydrogen-bond donors (Lipinski definition) is 1. The van der Waals surface area contributed by atoms with E-state index in [1.54, 1.807) is 7.05 Å². The number of nitrogens with zero attached hydrogens (tertiary/aromatic N) is 2. The van der Waals surface area contributed by atoms with Gasteiger partial charge in [-0.15, -0.1) is 0 Å². The van der Waals surface area contributed by atoms with Gasteiger partial charge in [0.05, 0.1) is 12.0 Å². The van der Waals surface area contributed by atoms with E-state index in [9.17, 15) is 9.18 Å². The Hall–Kier alpha value is -1.65. The molecule has 5 heteroatoms. The van der Waals surface area contributed by atoms with E-state index < -0.39 is 5.97 Å². The van der Waals surface area contributed by atoms with Gasteiger partial charge in [0.15, 0.2) is 0 Å². The van der Waals surface area contributed by atoms with E-state index in [2.05, 4.69) is 5.10 Å². The number of hydrogen-bond acceptors (Lipinski definition) is 2. The molecule has 0 saturated heterocycles. The van der Waals surface area contributed by atoms with Crippen molar-refractivity contribution in [3.8, 4) is 0 Å². The van der Waals surface area contributed by atoms with Crippen LogP contribution in [0.4, 0.5) is 4.39 Å². The molecule has 0 saturated carbocycles. The number of carboxylic acid groups (broad SMARTS) is 1. The molecule has 1 aromatic rings. The van der Waals surface area contributed by atoms with E-state index in [-0.39, 0.29) is 12.0 Å². The summed E-state index contributed by atoms with van der Waals surface area (Å²) in [5.74, 6) is -1.05. The van der Waals surface area contributed by atoms with E-state index in [1.807, 2.05) is 0 Å². The van der Waals surface area contributed by atoms with Gasteiger partial charge >= 0.3 is 5.97 Å². The molecule has 0 aliphatic rings. The van der Waals surface area contributed by atoms with E-state index in [1.165, 1.54) is 17.0 Å². The molecular weight excluding hydrogens is 175 g/mol. The Morgan fingerprint density at radius 2 is 2.54 bits per heavy atom. The zero-order chi connectivity index (χ0) is 9.84. The lowest BCUT2D eigenvalue weighted by molar-refractivity contribution is 0.0696. The largest absolute Gasteiger partial charge is 0.478 e. The van der Waals surface area contributed by atoms with Crippen molar-refractivity contribution >= 4 is 5.97 Å². The molecule has 0 unspecified atom stereocenters. The topological polar surface area (TPSA) is 55.1 Å². The summed E-state index contributed by atoms with van der Waals surface area (Å²) >= 11 is 0. The quantitative estimate of drug-likeness (QED) is 0.766. The first-order valence-corrected chi connectivity index (χ1v) is 3.66. The van der Waals surface area contributed by atoms with Gasteiger partial charge in [-0.05, 0) is 0 Å². The van der Waals surface area contributed by atoms with E-state index in [4.69, 9.17) is 5.11 Å². The molecule has 0 bridgehead atoms. The molecule has 0 aromatic carbocycles. The van der Waals surface area contributed by atoms with Crippen molar-refractivity contribution in [1.82, 2.24) is 9.78 Å². The summed E-state index contributed by atoms with van der Waals surface area (Å²) in [7, 11) is 1.62. The number of aryl methyl sites for hydroxylation is 1. The average Bonchev–Trinajstić information content (AvgIpc) is 2.43. The Balaban J connectivity index is 2.97. The predicted octanol–water partition coefficient (Wildman–Crippen LogP) is 1.14. The minimum atomic E-state index is -1.05. The third-order valence-electron chi connectivity index (χ3n) is 1.54. The normalized spacial score (nSPS) is 10.9. The summed E-state index contributed by atoms with van der Waals surface area (Å²) in [6.07, 6.45) is 3.18. The maximum atomic E-state index is 11.7. The fraction of sp³-hybridized carbons (Fsp3) is 0.250. The molecule has 0 amide bonds. The molecule has 70 valence electrons. The summed E-state index contributed by atoms with van der Waals surface area (Å²) in [5, 5.41) is 12.6. The van der Waals surface area contributed by atoms with Crippen LogP contribution in [-0.2, 0) is 13.5 Å². The van der Waals surface area contributed by atoms with Crippen LogP contribution in [0.1, 0.15) is 16.1 Å². The number of carboxylic acids is 1. The van der Waals surface area contributed by atoms with Crippen molar-refractivity contribution in [1.29, 1.82) is 0 Å². The molecule has 0 aliphatic carbocycles. The average molecular weight is 184 g/mol. The molecule has 1 heterocycles. The van der Waals surface area contributed by atoms with E-state index >= 15 is 0 Å². The van der Waals surface area contributed by atoms with Crippen LogP contribution in [0, 0.1) is 0 Å². The maximum Gasteiger partial charge on any atom is 0.339 e. The Kier molecular flexibility index (Phi) is 2.79. The molecule has 0 radical (unpaired) electrons. The Bertz CT molecular complexity index is 344.